The molecule has 0 fully saturated rings. The van der Waals surface area contributed by atoms with E-state index in [1.54, 1.807) is 30.6 Å². The van der Waals surface area contributed by atoms with Crippen molar-refractivity contribution in [1.82, 2.24) is 20.0 Å². The largest absolute Gasteiger partial charge is 0.465 e. The summed E-state index contributed by atoms with van der Waals surface area (Å²) in [6.07, 6.45) is 3.91. The zero-order valence-corrected chi connectivity index (χ0v) is 15.3. The smallest absolute Gasteiger partial charge is 0.348 e. The Balaban J connectivity index is 2.00. The first-order valence-electron chi connectivity index (χ1n) is 7.76. The van der Waals surface area contributed by atoms with E-state index in [0.717, 1.165) is 6.08 Å². The molecule has 138 valence electrons. The minimum atomic E-state index is -0.520. The molecular formula is C18H15FN4O3S. The number of thiophene rings is 1. The standard InChI is InChI=1S/C18H15FN4O3S/c1-4-12(19)5-11-6-14(17(24)20-10(11)2)15-8-23(22-21-15)13-7-16(27-9-13)18(25)26-3/h4-9H,1H2,2-3H3,(H,20,24)/b12-5+. The second kappa shape index (κ2) is 7.50. The highest BCUT2D eigenvalue weighted by atomic mass is 32.1. The van der Waals surface area contributed by atoms with E-state index < -0.39 is 11.8 Å². The number of carbonyl (C=O) groups excluding carboxylic acids is 1. The molecule has 0 aliphatic heterocycles. The van der Waals surface area contributed by atoms with E-state index in [1.165, 1.54) is 29.2 Å². The number of aromatic nitrogens is 4. The van der Waals surface area contributed by atoms with Gasteiger partial charge in [0.2, 0.25) is 0 Å². The number of carbonyl (C=O) groups is 1. The van der Waals surface area contributed by atoms with Gasteiger partial charge >= 0.3 is 5.97 Å². The highest BCUT2D eigenvalue weighted by Crippen LogP contribution is 2.22. The Morgan fingerprint density at radius 2 is 2.22 bits per heavy atom. The molecule has 3 heterocycles. The van der Waals surface area contributed by atoms with Crippen LogP contribution in [0.25, 0.3) is 23.0 Å². The quantitative estimate of drug-likeness (QED) is 0.537. The average Bonchev–Trinajstić information content (AvgIpc) is 3.32. The number of H-pyrrole nitrogens is 1. The van der Waals surface area contributed by atoms with Crippen LogP contribution in [0.15, 0.2) is 47.0 Å². The summed E-state index contributed by atoms with van der Waals surface area (Å²) in [7, 11) is 1.31. The van der Waals surface area contributed by atoms with Gasteiger partial charge in [-0.05, 0) is 36.8 Å². The van der Waals surface area contributed by atoms with E-state index in [4.69, 9.17) is 0 Å². The minimum Gasteiger partial charge on any atom is -0.465 e. The number of allylic oxidation sites excluding steroid dienone is 2. The van der Waals surface area contributed by atoms with Gasteiger partial charge in [-0.2, -0.15) is 0 Å². The van der Waals surface area contributed by atoms with Crippen LogP contribution in [-0.4, -0.2) is 33.1 Å². The molecule has 9 heteroatoms. The van der Waals surface area contributed by atoms with E-state index in [0.29, 0.717) is 27.5 Å². The fourth-order valence-electron chi connectivity index (χ4n) is 2.35. The highest BCUT2D eigenvalue weighted by Gasteiger charge is 2.14. The summed E-state index contributed by atoms with van der Waals surface area (Å²) in [6, 6.07) is 3.15. The summed E-state index contributed by atoms with van der Waals surface area (Å²) in [5, 5.41) is 9.73. The van der Waals surface area contributed by atoms with Crippen LogP contribution in [0.4, 0.5) is 4.39 Å². The number of nitrogens with zero attached hydrogens (tertiary/aromatic N) is 3. The third-order valence-corrected chi connectivity index (χ3v) is 4.67. The molecule has 0 aliphatic rings. The second-order valence-electron chi connectivity index (χ2n) is 5.53. The molecule has 0 bridgehead atoms. The molecule has 7 nitrogen and oxygen atoms in total. The van der Waals surface area contributed by atoms with E-state index in [-0.39, 0.29) is 11.1 Å². The molecule has 0 atom stereocenters. The van der Waals surface area contributed by atoms with E-state index >= 15 is 0 Å². The number of hydrogen-bond acceptors (Lipinski definition) is 6. The average molecular weight is 386 g/mol. The number of esters is 1. The molecule has 27 heavy (non-hydrogen) atoms. The summed E-state index contributed by atoms with van der Waals surface area (Å²) in [4.78, 5) is 27.0. The number of rotatable bonds is 5. The Morgan fingerprint density at radius 1 is 1.44 bits per heavy atom. The number of aromatic amines is 1. The number of aryl methyl sites for hydroxylation is 1. The van der Waals surface area contributed by atoms with Crippen molar-refractivity contribution in [2.45, 2.75) is 6.92 Å². The molecule has 3 rings (SSSR count). The van der Waals surface area contributed by atoms with Crippen molar-refractivity contribution < 1.29 is 13.9 Å². The van der Waals surface area contributed by atoms with Crippen LogP contribution in [0.2, 0.25) is 0 Å². The Hall–Kier alpha value is -3.33. The first-order valence-corrected chi connectivity index (χ1v) is 8.64. The lowest BCUT2D eigenvalue weighted by Crippen LogP contribution is -2.11. The predicted octanol–water partition coefficient (Wildman–Crippen LogP) is 3.28. The van der Waals surface area contributed by atoms with E-state index in [9.17, 15) is 14.0 Å². The van der Waals surface area contributed by atoms with Gasteiger partial charge in [0, 0.05) is 11.1 Å². The Bertz CT molecular complexity index is 1110. The summed E-state index contributed by atoms with van der Waals surface area (Å²) < 4.78 is 19.7. The second-order valence-corrected chi connectivity index (χ2v) is 6.45. The van der Waals surface area contributed by atoms with Gasteiger partial charge in [0.25, 0.3) is 5.56 Å². The number of pyridine rings is 1. The molecule has 0 unspecified atom stereocenters. The Morgan fingerprint density at radius 3 is 2.93 bits per heavy atom. The van der Waals surface area contributed by atoms with Crippen molar-refractivity contribution in [3.8, 4) is 16.9 Å². The molecular weight excluding hydrogens is 371 g/mol. The third kappa shape index (κ3) is 3.77. The lowest BCUT2D eigenvalue weighted by Gasteiger charge is -2.03. The van der Waals surface area contributed by atoms with Crippen LogP contribution in [0.3, 0.4) is 0 Å². The van der Waals surface area contributed by atoms with Crippen LogP contribution < -0.4 is 5.56 Å². The van der Waals surface area contributed by atoms with Crippen molar-refractivity contribution in [2.75, 3.05) is 7.11 Å². The van der Waals surface area contributed by atoms with Gasteiger partial charge in [-0.1, -0.05) is 11.8 Å². The number of halogens is 1. The van der Waals surface area contributed by atoms with Gasteiger partial charge in [-0.3, -0.25) is 4.79 Å². The lowest BCUT2D eigenvalue weighted by molar-refractivity contribution is 0.0606. The molecule has 0 aromatic carbocycles. The molecule has 0 aliphatic carbocycles. The zero-order valence-electron chi connectivity index (χ0n) is 14.5. The van der Waals surface area contributed by atoms with Gasteiger partial charge in [0.1, 0.15) is 16.4 Å². The van der Waals surface area contributed by atoms with Crippen molar-refractivity contribution in [3.05, 3.63) is 68.7 Å². The fraction of sp³-hybridized carbons (Fsp3) is 0.111. The highest BCUT2D eigenvalue weighted by molar-refractivity contribution is 7.12. The van der Waals surface area contributed by atoms with Crippen LogP contribution >= 0.6 is 11.3 Å². The first kappa shape index (κ1) is 18.5. The Labute approximate surface area is 157 Å². The summed E-state index contributed by atoms with van der Waals surface area (Å²) in [5.74, 6) is -0.962. The van der Waals surface area contributed by atoms with Crippen molar-refractivity contribution in [2.24, 2.45) is 0 Å². The van der Waals surface area contributed by atoms with E-state index in [1.807, 2.05) is 0 Å². The van der Waals surface area contributed by atoms with Crippen LogP contribution in [0.5, 0.6) is 0 Å². The molecule has 3 aromatic rings. The maximum Gasteiger partial charge on any atom is 0.348 e. The van der Waals surface area contributed by atoms with Gasteiger partial charge in [-0.15, -0.1) is 16.4 Å². The molecule has 0 saturated heterocycles. The van der Waals surface area contributed by atoms with Crippen molar-refractivity contribution >= 4 is 23.4 Å². The number of methoxy groups -OCH3 is 1. The predicted molar refractivity (Wildman–Crippen MR) is 101 cm³/mol. The van der Waals surface area contributed by atoms with Crippen LogP contribution in [0, 0.1) is 6.92 Å². The van der Waals surface area contributed by atoms with Gasteiger partial charge < -0.3 is 9.72 Å². The molecule has 0 amide bonds. The molecule has 0 saturated carbocycles. The van der Waals surface area contributed by atoms with Crippen LogP contribution in [0.1, 0.15) is 20.9 Å². The minimum absolute atomic E-state index is 0.249. The van der Waals surface area contributed by atoms with Crippen LogP contribution in [-0.2, 0) is 4.74 Å². The maximum atomic E-state index is 13.5. The summed E-state index contributed by atoms with van der Waals surface area (Å²) >= 11 is 1.21. The summed E-state index contributed by atoms with van der Waals surface area (Å²) in [5.41, 5.74) is 1.83. The van der Waals surface area contributed by atoms with Gasteiger partial charge in [-0.25, -0.2) is 13.9 Å². The zero-order chi connectivity index (χ0) is 19.6. The van der Waals surface area contributed by atoms with Gasteiger partial charge in [0.15, 0.2) is 0 Å². The SMILES string of the molecule is C=C/C(F)=C\c1cc(-c2cn(-c3csc(C(=O)OC)c3)nn2)c(=O)[nH]c1C. The first-order chi connectivity index (χ1) is 12.9. The number of nitrogens with one attached hydrogen (secondary N) is 1. The molecule has 0 spiro atoms. The Kier molecular flexibility index (Phi) is 5.13. The van der Waals surface area contributed by atoms with Crippen molar-refractivity contribution in [1.29, 1.82) is 0 Å². The third-order valence-electron chi connectivity index (χ3n) is 3.77. The number of hydrogen-bond donors (Lipinski definition) is 1. The summed E-state index contributed by atoms with van der Waals surface area (Å²) in [6.45, 7) is 5.04. The lowest BCUT2D eigenvalue weighted by atomic mass is 10.1. The molecule has 0 radical (unpaired) electrons. The molecule has 1 N–H and O–H groups in total. The monoisotopic (exact) mass is 386 g/mol. The maximum absolute atomic E-state index is 13.5. The van der Waals surface area contributed by atoms with Crippen molar-refractivity contribution in [3.63, 3.8) is 0 Å². The normalized spacial score (nSPS) is 11.4. The van der Waals surface area contributed by atoms with Gasteiger partial charge in [0.05, 0.1) is 24.6 Å². The molecule has 3 aromatic heterocycles. The van der Waals surface area contributed by atoms with E-state index in [2.05, 4.69) is 26.6 Å². The number of ether oxygens (including phenoxy) is 1. The fourth-order valence-corrected chi connectivity index (χ4v) is 3.15. The topological polar surface area (TPSA) is 89.9 Å².